The molecule has 2 atom stereocenters. The normalized spacial score (nSPS) is 15.9. The van der Waals surface area contributed by atoms with E-state index < -0.39 is 23.9 Å². The van der Waals surface area contributed by atoms with E-state index >= 15 is 0 Å². The van der Waals surface area contributed by atoms with Crippen LogP contribution < -0.4 is 24.8 Å². The zero-order valence-corrected chi connectivity index (χ0v) is 18.5. The monoisotopic (exact) mass is 441 g/mol. The molecule has 0 aromatic heterocycles. The molecule has 32 heavy (non-hydrogen) atoms. The molecule has 9 nitrogen and oxygen atoms in total. The number of amides is 4. The molecule has 3 rings (SSSR count). The van der Waals surface area contributed by atoms with E-state index in [0.717, 1.165) is 10.5 Å². The van der Waals surface area contributed by atoms with Gasteiger partial charge in [-0.15, -0.1) is 0 Å². The number of benzene rings is 2. The molecule has 1 saturated heterocycles. The lowest BCUT2D eigenvalue weighted by atomic mass is 10.0. The lowest BCUT2D eigenvalue weighted by Gasteiger charge is -2.37. The number of ether oxygens (including phenoxy) is 3. The summed E-state index contributed by atoms with van der Waals surface area (Å²) in [5, 5.41) is 5.53. The minimum Gasteiger partial charge on any atom is -0.496 e. The van der Waals surface area contributed by atoms with Crippen LogP contribution in [0, 0.1) is 0 Å². The number of urea groups is 1. The highest BCUT2D eigenvalue weighted by Crippen LogP contribution is 2.34. The maximum absolute atomic E-state index is 12.7. The van der Waals surface area contributed by atoms with Gasteiger partial charge in [0.1, 0.15) is 23.3 Å². The van der Waals surface area contributed by atoms with Gasteiger partial charge in [-0.25, -0.2) is 4.79 Å². The van der Waals surface area contributed by atoms with Crippen molar-refractivity contribution in [3.63, 3.8) is 0 Å². The van der Waals surface area contributed by atoms with Gasteiger partial charge < -0.3 is 24.8 Å². The number of imide groups is 1. The number of carbonyl (C=O) groups excluding carboxylic acids is 3. The summed E-state index contributed by atoms with van der Waals surface area (Å²) in [4.78, 5) is 38.4. The van der Waals surface area contributed by atoms with Crippen molar-refractivity contribution in [2.45, 2.75) is 32.0 Å². The zero-order chi connectivity index (χ0) is 23.3. The predicted molar refractivity (Wildman–Crippen MR) is 117 cm³/mol. The van der Waals surface area contributed by atoms with Gasteiger partial charge in [0.2, 0.25) is 11.8 Å². The second kappa shape index (κ2) is 10.0. The van der Waals surface area contributed by atoms with Crippen LogP contribution in [0.5, 0.6) is 17.2 Å². The minimum atomic E-state index is -0.874. The molecule has 0 aliphatic carbocycles. The fraction of sp³-hybridized carbons (Fsp3) is 0.348. The third kappa shape index (κ3) is 4.77. The van der Waals surface area contributed by atoms with Crippen molar-refractivity contribution in [1.82, 2.24) is 15.5 Å². The van der Waals surface area contributed by atoms with Gasteiger partial charge in [-0.3, -0.25) is 14.5 Å². The van der Waals surface area contributed by atoms with Crippen molar-refractivity contribution in [2.75, 3.05) is 21.3 Å². The standard InChI is InChI=1S/C23H27N3O6/c1-14(15-8-6-5-7-9-15)25-23(29)26-18(12-21(26)27)22(28)24-13-17-19(31-3)10-16(30-2)11-20(17)32-4/h5-11,14,18H,12-13H2,1-4H3,(H,24,28)(H,25,29)/t14?,18-/m0/s1. The van der Waals surface area contributed by atoms with E-state index in [9.17, 15) is 14.4 Å². The summed E-state index contributed by atoms with van der Waals surface area (Å²) >= 11 is 0. The van der Waals surface area contributed by atoms with Gasteiger partial charge in [0, 0.05) is 12.1 Å². The van der Waals surface area contributed by atoms with E-state index in [1.54, 1.807) is 12.1 Å². The first-order valence-electron chi connectivity index (χ1n) is 10.1. The summed E-state index contributed by atoms with van der Waals surface area (Å²) in [7, 11) is 4.54. The van der Waals surface area contributed by atoms with Crippen molar-refractivity contribution in [3.05, 3.63) is 53.6 Å². The molecule has 1 aliphatic heterocycles. The SMILES string of the molecule is COc1cc(OC)c(CNC(=O)[C@@H]2CC(=O)N2C(=O)NC(C)c2ccccc2)c(OC)c1. The van der Waals surface area contributed by atoms with Crippen LogP contribution in [0.15, 0.2) is 42.5 Å². The van der Waals surface area contributed by atoms with E-state index in [4.69, 9.17) is 14.2 Å². The van der Waals surface area contributed by atoms with Crippen LogP contribution in [0.4, 0.5) is 4.79 Å². The van der Waals surface area contributed by atoms with Crippen molar-refractivity contribution in [3.8, 4) is 17.2 Å². The Balaban J connectivity index is 1.65. The van der Waals surface area contributed by atoms with Crippen LogP contribution in [-0.2, 0) is 16.1 Å². The van der Waals surface area contributed by atoms with Crippen LogP contribution in [0.3, 0.4) is 0 Å². The Morgan fingerprint density at radius 1 is 1.06 bits per heavy atom. The van der Waals surface area contributed by atoms with Crippen molar-refractivity contribution < 1.29 is 28.6 Å². The second-order valence-corrected chi connectivity index (χ2v) is 7.29. The Hall–Kier alpha value is -3.75. The molecule has 4 amide bonds. The topological polar surface area (TPSA) is 106 Å². The summed E-state index contributed by atoms with van der Waals surface area (Å²) in [6.07, 6.45) is -0.0319. The summed E-state index contributed by atoms with van der Waals surface area (Å²) in [5.74, 6) is 0.679. The van der Waals surface area contributed by atoms with Crippen LogP contribution in [0.2, 0.25) is 0 Å². The first-order chi connectivity index (χ1) is 15.4. The molecule has 1 heterocycles. The maximum atomic E-state index is 12.7. The molecule has 2 aromatic carbocycles. The van der Waals surface area contributed by atoms with E-state index in [-0.39, 0.29) is 19.0 Å². The van der Waals surface area contributed by atoms with E-state index in [1.807, 2.05) is 37.3 Å². The fourth-order valence-electron chi connectivity index (χ4n) is 3.51. The number of methoxy groups -OCH3 is 3. The van der Waals surface area contributed by atoms with Gasteiger partial charge in [-0.1, -0.05) is 30.3 Å². The fourth-order valence-corrected chi connectivity index (χ4v) is 3.51. The summed E-state index contributed by atoms with van der Waals surface area (Å²) in [5.41, 5.74) is 1.51. The molecule has 0 bridgehead atoms. The van der Waals surface area contributed by atoms with Crippen LogP contribution >= 0.6 is 0 Å². The smallest absolute Gasteiger partial charge is 0.325 e. The number of hydrogen-bond acceptors (Lipinski definition) is 6. The summed E-state index contributed by atoms with van der Waals surface area (Å²) in [6.45, 7) is 1.91. The third-order valence-corrected chi connectivity index (χ3v) is 5.37. The molecule has 170 valence electrons. The Morgan fingerprint density at radius 3 is 2.22 bits per heavy atom. The Kier molecular flexibility index (Phi) is 7.19. The largest absolute Gasteiger partial charge is 0.496 e. The number of hydrogen-bond donors (Lipinski definition) is 2. The maximum Gasteiger partial charge on any atom is 0.325 e. The van der Waals surface area contributed by atoms with Gasteiger partial charge in [0.15, 0.2) is 0 Å². The third-order valence-electron chi connectivity index (χ3n) is 5.37. The molecule has 1 aliphatic rings. The molecule has 9 heteroatoms. The average molecular weight is 441 g/mol. The molecule has 0 spiro atoms. The number of likely N-dealkylation sites (tertiary alicyclic amines) is 1. The molecular weight excluding hydrogens is 414 g/mol. The first-order valence-corrected chi connectivity index (χ1v) is 10.1. The summed E-state index contributed by atoms with van der Waals surface area (Å²) < 4.78 is 16.0. The first kappa shape index (κ1) is 22.9. The number of rotatable bonds is 8. The lowest BCUT2D eigenvalue weighted by molar-refractivity contribution is -0.149. The number of carbonyl (C=O) groups is 3. The highest BCUT2D eigenvalue weighted by molar-refractivity contribution is 6.07. The van der Waals surface area contributed by atoms with Crippen LogP contribution in [-0.4, -0.2) is 50.1 Å². The van der Waals surface area contributed by atoms with Crippen molar-refractivity contribution in [1.29, 1.82) is 0 Å². The van der Waals surface area contributed by atoms with Gasteiger partial charge in [-0.05, 0) is 12.5 Å². The van der Waals surface area contributed by atoms with E-state index in [0.29, 0.717) is 22.8 Å². The van der Waals surface area contributed by atoms with Gasteiger partial charge >= 0.3 is 6.03 Å². The van der Waals surface area contributed by atoms with E-state index in [2.05, 4.69) is 10.6 Å². The summed E-state index contributed by atoms with van der Waals surface area (Å²) in [6, 6.07) is 10.9. The molecule has 1 unspecified atom stereocenters. The molecular formula is C23H27N3O6. The highest BCUT2D eigenvalue weighted by Gasteiger charge is 2.45. The molecule has 2 N–H and O–H groups in total. The van der Waals surface area contributed by atoms with Crippen molar-refractivity contribution in [2.24, 2.45) is 0 Å². The Morgan fingerprint density at radius 2 is 1.69 bits per heavy atom. The Bertz CT molecular complexity index is 969. The molecule has 1 fully saturated rings. The number of β-lactam (4-membered cyclic amide) rings is 1. The molecule has 0 saturated carbocycles. The minimum absolute atomic E-state index is 0.0319. The number of nitrogens with zero attached hydrogens (tertiary/aromatic N) is 1. The van der Waals surface area contributed by atoms with Gasteiger partial charge in [0.05, 0.1) is 45.9 Å². The van der Waals surface area contributed by atoms with Crippen LogP contribution in [0.1, 0.15) is 30.5 Å². The molecule has 2 aromatic rings. The zero-order valence-electron chi connectivity index (χ0n) is 18.5. The second-order valence-electron chi connectivity index (χ2n) is 7.29. The van der Waals surface area contributed by atoms with Crippen LogP contribution in [0.25, 0.3) is 0 Å². The number of nitrogens with one attached hydrogen (secondary N) is 2. The predicted octanol–water partition coefficient (Wildman–Crippen LogP) is 2.40. The van der Waals surface area contributed by atoms with Gasteiger partial charge in [-0.2, -0.15) is 0 Å². The quantitative estimate of drug-likeness (QED) is 0.610. The lowest BCUT2D eigenvalue weighted by Crippen LogP contribution is -2.64. The molecule has 0 radical (unpaired) electrons. The Labute approximate surface area is 186 Å². The van der Waals surface area contributed by atoms with Gasteiger partial charge in [0.25, 0.3) is 0 Å². The highest BCUT2D eigenvalue weighted by atomic mass is 16.5. The average Bonchev–Trinajstić information content (AvgIpc) is 2.80. The van der Waals surface area contributed by atoms with E-state index in [1.165, 1.54) is 21.3 Å². The van der Waals surface area contributed by atoms with Crippen molar-refractivity contribution >= 4 is 17.8 Å².